The molecule has 0 aliphatic carbocycles. The van der Waals surface area contributed by atoms with Crippen LogP contribution in [-0.2, 0) is 4.74 Å². The van der Waals surface area contributed by atoms with Gasteiger partial charge in [0.1, 0.15) is 17.2 Å². The molecule has 8 heteroatoms. The van der Waals surface area contributed by atoms with Gasteiger partial charge in [0.2, 0.25) is 5.88 Å². The molecule has 0 fully saturated rings. The molecule has 33 heavy (non-hydrogen) atoms. The van der Waals surface area contributed by atoms with Crippen LogP contribution in [0.15, 0.2) is 42.6 Å². The number of halogens is 2. The summed E-state index contributed by atoms with van der Waals surface area (Å²) in [6, 6.07) is 7.76. The van der Waals surface area contributed by atoms with Crippen LogP contribution in [0, 0.1) is 11.6 Å². The van der Waals surface area contributed by atoms with E-state index in [1.807, 2.05) is 0 Å². The summed E-state index contributed by atoms with van der Waals surface area (Å²) in [6.07, 6.45) is 0.719. The molecule has 174 valence electrons. The third-order valence-electron chi connectivity index (χ3n) is 4.84. The summed E-state index contributed by atoms with van der Waals surface area (Å²) in [5.41, 5.74) is -1.37. The number of nitrogens with one attached hydrogen (secondary N) is 1. The van der Waals surface area contributed by atoms with Crippen molar-refractivity contribution in [3.05, 3.63) is 70.9 Å². The zero-order valence-electron chi connectivity index (χ0n) is 19.2. The van der Waals surface area contributed by atoms with Crippen LogP contribution in [0.5, 0.6) is 5.88 Å². The summed E-state index contributed by atoms with van der Waals surface area (Å²) < 4.78 is 40.8. The standard InChI is InChI=1S/C25H26F2N2O4/c1-6-32-23-18-9-7-8-17(16(18)12-13-28-23)22(30)20-19(26)11-10-15(21(20)27)14(2)29-24(31)33-25(3,4)5/h7-14H,6H2,1-5H3,(H,29,31)/t14-/m1/s1. The molecule has 0 aliphatic heterocycles. The van der Waals surface area contributed by atoms with Gasteiger partial charge in [0.15, 0.2) is 5.78 Å². The Labute approximate surface area is 190 Å². The molecule has 0 bridgehead atoms. The Bertz CT molecular complexity index is 1200. The van der Waals surface area contributed by atoms with Gasteiger partial charge in [-0.05, 0) is 58.2 Å². The summed E-state index contributed by atoms with van der Waals surface area (Å²) >= 11 is 0. The van der Waals surface area contributed by atoms with Gasteiger partial charge < -0.3 is 14.8 Å². The second kappa shape index (κ2) is 9.52. The quantitative estimate of drug-likeness (QED) is 0.480. The minimum absolute atomic E-state index is 0.0393. The Morgan fingerprint density at radius 2 is 1.82 bits per heavy atom. The lowest BCUT2D eigenvalue weighted by Gasteiger charge is -2.22. The van der Waals surface area contributed by atoms with Crippen LogP contribution in [0.4, 0.5) is 13.6 Å². The fourth-order valence-corrected chi connectivity index (χ4v) is 3.44. The van der Waals surface area contributed by atoms with Crippen LogP contribution < -0.4 is 10.1 Å². The Balaban J connectivity index is 2.02. The maximum Gasteiger partial charge on any atom is 0.408 e. The van der Waals surface area contributed by atoms with E-state index in [1.165, 1.54) is 25.3 Å². The molecule has 0 saturated carbocycles. The first kappa shape index (κ1) is 24.1. The van der Waals surface area contributed by atoms with Crippen LogP contribution >= 0.6 is 0 Å². The number of aromatic nitrogens is 1. The number of fused-ring (bicyclic) bond motifs is 1. The molecule has 1 N–H and O–H groups in total. The van der Waals surface area contributed by atoms with E-state index in [4.69, 9.17) is 9.47 Å². The molecule has 3 rings (SSSR count). The number of rotatable bonds is 6. The molecular weight excluding hydrogens is 430 g/mol. The van der Waals surface area contributed by atoms with Crippen LogP contribution in [0.3, 0.4) is 0 Å². The van der Waals surface area contributed by atoms with Crippen molar-refractivity contribution in [2.24, 2.45) is 0 Å². The summed E-state index contributed by atoms with van der Waals surface area (Å²) in [5.74, 6) is -2.54. The second-order valence-corrected chi connectivity index (χ2v) is 8.47. The summed E-state index contributed by atoms with van der Waals surface area (Å²) in [4.78, 5) is 29.5. The lowest BCUT2D eigenvalue weighted by Crippen LogP contribution is -2.34. The number of benzene rings is 2. The molecule has 3 aromatic rings. The number of carbonyl (C=O) groups is 2. The van der Waals surface area contributed by atoms with Crippen molar-refractivity contribution < 1.29 is 27.8 Å². The Morgan fingerprint density at radius 1 is 1.09 bits per heavy atom. The van der Waals surface area contributed by atoms with E-state index in [9.17, 15) is 14.0 Å². The van der Waals surface area contributed by atoms with Crippen molar-refractivity contribution in [1.29, 1.82) is 0 Å². The van der Waals surface area contributed by atoms with E-state index < -0.39 is 40.7 Å². The number of hydrogen-bond acceptors (Lipinski definition) is 5. The second-order valence-electron chi connectivity index (χ2n) is 8.47. The molecule has 1 atom stereocenters. The maximum atomic E-state index is 15.4. The van der Waals surface area contributed by atoms with Crippen LogP contribution in [0.25, 0.3) is 10.8 Å². The highest BCUT2D eigenvalue weighted by Crippen LogP contribution is 2.30. The molecule has 0 spiro atoms. The molecule has 0 saturated heterocycles. The number of hydrogen-bond donors (Lipinski definition) is 1. The molecule has 0 aliphatic rings. The third-order valence-corrected chi connectivity index (χ3v) is 4.84. The molecule has 1 heterocycles. The predicted octanol–water partition coefficient (Wildman–Crippen LogP) is 5.73. The molecule has 1 amide bonds. The number of carbonyl (C=O) groups excluding carboxylic acids is 2. The van der Waals surface area contributed by atoms with Gasteiger partial charge in [-0.25, -0.2) is 18.6 Å². The van der Waals surface area contributed by atoms with Gasteiger partial charge in [-0.3, -0.25) is 4.79 Å². The maximum absolute atomic E-state index is 15.4. The number of alkyl carbamates (subject to hydrolysis) is 1. The highest BCUT2D eigenvalue weighted by Gasteiger charge is 2.27. The molecule has 1 aromatic heterocycles. The fraction of sp³-hybridized carbons (Fsp3) is 0.320. The van der Waals surface area contributed by atoms with Gasteiger partial charge in [-0.15, -0.1) is 0 Å². The van der Waals surface area contributed by atoms with Crippen molar-refractivity contribution in [2.75, 3.05) is 6.61 Å². The minimum atomic E-state index is -1.04. The number of nitrogens with zero attached hydrogens (tertiary/aromatic N) is 1. The van der Waals surface area contributed by atoms with Gasteiger partial charge in [0, 0.05) is 22.7 Å². The zero-order valence-corrected chi connectivity index (χ0v) is 19.2. The van der Waals surface area contributed by atoms with E-state index in [0.717, 1.165) is 6.07 Å². The van der Waals surface area contributed by atoms with Crippen LogP contribution in [-0.4, -0.2) is 29.1 Å². The minimum Gasteiger partial charge on any atom is -0.478 e. The van der Waals surface area contributed by atoms with Crippen molar-refractivity contribution in [3.63, 3.8) is 0 Å². The average molecular weight is 456 g/mol. The first-order chi connectivity index (χ1) is 15.5. The first-order valence-electron chi connectivity index (χ1n) is 10.6. The number of amides is 1. The normalized spacial score (nSPS) is 12.3. The van der Waals surface area contributed by atoms with Crippen molar-refractivity contribution in [1.82, 2.24) is 10.3 Å². The van der Waals surface area contributed by atoms with E-state index in [-0.39, 0.29) is 11.1 Å². The van der Waals surface area contributed by atoms with Crippen LogP contribution in [0.1, 0.15) is 62.1 Å². The van der Waals surface area contributed by atoms with Gasteiger partial charge >= 0.3 is 6.09 Å². The molecule has 0 unspecified atom stereocenters. The van der Waals surface area contributed by atoms with Gasteiger partial charge in [0.05, 0.1) is 18.2 Å². The van der Waals surface area contributed by atoms with Gasteiger partial charge in [-0.2, -0.15) is 0 Å². The molecule has 6 nitrogen and oxygen atoms in total. The summed E-state index contributed by atoms with van der Waals surface area (Å²) in [7, 11) is 0. The molecule has 0 radical (unpaired) electrons. The first-order valence-corrected chi connectivity index (χ1v) is 10.6. The predicted molar refractivity (Wildman–Crippen MR) is 120 cm³/mol. The highest BCUT2D eigenvalue weighted by atomic mass is 19.1. The lowest BCUT2D eigenvalue weighted by molar-refractivity contribution is 0.0507. The van der Waals surface area contributed by atoms with Crippen molar-refractivity contribution in [3.8, 4) is 5.88 Å². The highest BCUT2D eigenvalue weighted by molar-refractivity contribution is 6.17. The molecular formula is C25H26F2N2O4. The average Bonchev–Trinajstić information content (AvgIpc) is 2.72. The third kappa shape index (κ3) is 5.27. The van der Waals surface area contributed by atoms with E-state index in [2.05, 4.69) is 10.3 Å². The van der Waals surface area contributed by atoms with Crippen molar-refractivity contribution >= 4 is 22.6 Å². The number of pyridine rings is 1. The SMILES string of the molecule is CCOc1nccc2c(C(=O)c3c(F)ccc([C@@H](C)NC(=O)OC(C)(C)C)c3F)cccc12. The number of ether oxygens (including phenoxy) is 2. The number of ketones is 1. The Kier molecular flexibility index (Phi) is 6.95. The van der Waals surface area contributed by atoms with E-state index >= 15 is 4.39 Å². The van der Waals surface area contributed by atoms with Gasteiger partial charge in [0.25, 0.3) is 0 Å². The van der Waals surface area contributed by atoms with Crippen LogP contribution in [0.2, 0.25) is 0 Å². The Hall–Kier alpha value is -3.55. The summed E-state index contributed by atoms with van der Waals surface area (Å²) in [5, 5.41) is 3.53. The topological polar surface area (TPSA) is 77.5 Å². The van der Waals surface area contributed by atoms with Gasteiger partial charge in [-0.1, -0.05) is 18.2 Å². The monoisotopic (exact) mass is 456 g/mol. The molecule has 2 aromatic carbocycles. The lowest BCUT2D eigenvalue weighted by atomic mass is 9.94. The zero-order chi connectivity index (χ0) is 24.3. The fourth-order valence-electron chi connectivity index (χ4n) is 3.44. The van der Waals surface area contributed by atoms with E-state index in [1.54, 1.807) is 45.9 Å². The summed E-state index contributed by atoms with van der Waals surface area (Å²) in [6.45, 7) is 8.79. The smallest absolute Gasteiger partial charge is 0.408 e. The van der Waals surface area contributed by atoms with E-state index in [0.29, 0.717) is 23.3 Å². The largest absolute Gasteiger partial charge is 0.478 e. The Morgan fingerprint density at radius 3 is 2.48 bits per heavy atom. The van der Waals surface area contributed by atoms with Crippen molar-refractivity contribution in [2.45, 2.75) is 46.3 Å².